The molecular formula is C22H25N3O4S2. The summed E-state index contributed by atoms with van der Waals surface area (Å²) in [5, 5.41) is 2.88. The van der Waals surface area contributed by atoms with Gasteiger partial charge in [0.15, 0.2) is 0 Å². The zero-order valence-electron chi connectivity index (χ0n) is 17.3. The molecule has 1 saturated heterocycles. The number of hydrogen-bond donors (Lipinski definition) is 1. The van der Waals surface area contributed by atoms with Crippen LogP contribution in [0.5, 0.6) is 0 Å². The zero-order chi connectivity index (χ0) is 22.0. The molecule has 2 aromatic rings. The molecule has 0 aromatic heterocycles. The van der Waals surface area contributed by atoms with Crippen molar-refractivity contribution in [3.05, 3.63) is 48.0 Å². The van der Waals surface area contributed by atoms with Crippen LogP contribution >= 0.6 is 11.8 Å². The number of thioether (sulfide) groups is 1. The number of hydrogen-bond acceptors (Lipinski definition) is 5. The largest absolute Gasteiger partial charge is 0.324 e. The number of sulfonamides is 1. The molecule has 164 valence electrons. The van der Waals surface area contributed by atoms with Gasteiger partial charge in [0, 0.05) is 23.7 Å². The van der Waals surface area contributed by atoms with Gasteiger partial charge in [-0.1, -0.05) is 25.1 Å². The summed E-state index contributed by atoms with van der Waals surface area (Å²) in [6, 6.07) is 12.4. The first-order valence-electron chi connectivity index (χ1n) is 10.4. The molecule has 0 aliphatic carbocycles. The number of rotatable bonds is 6. The summed E-state index contributed by atoms with van der Waals surface area (Å²) in [5.74, 6) is -0.323. The minimum atomic E-state index is -3.61. The lowest BCUT2D eigenvalue weighted by Crippen LogP contribution is -2.41. The Morgan fingerprint density at radius 3 is 2.61 bits per heavy atom. The smallest absolute Gasteiger partial charge is 0.244 e. The molecule has 9 heteroatoms. The fraction of sp³-hybridized carbons (Fsp3) is 0.364. The minimum absolute atomic E-state index is 0.158. The first kappa shape index (κ1) is 21.9. The lowest BCUT2D eigenvalue weighted by atomic mass is 10.1. The molecule has 2 aromatic carbocycles. The summed E-state index contributed by atoms with van der Waals surface area (Å²) in [6.45, 7) is 2.86. The van der Waals surface area contributed by atoms with E-state index < -0.39 is 10.0 Å². The Morgan fingerprint density at radius 2 is 1.87 bits per heavy atom. The first-order chi connectivity index (χ1) is 14.9. The van der Waals surface area contributed by atoms with Gasteiger partial charge in [0.2, 0.25) is 21.8 Å². The predicted octanol–water partition coefficient (Wildman–Crippen LogP) is 3.11. The molecule has 0 atom stereocenters. The van der Waals surface area contributed by atoms with E-state index in [1.807, 2.05) is 31.2 Å². The van der Waals surface area contributed by atoms with Gasteiger partial charge in [0.05, 0.1) is 16.3 Å². The third kappa shape index (κ3) is 4.49. The van der Waals surface area contributed by atoms with E-state index in [0.29, 0.717) is 18.8 Å². The summed E-state index contributed by atoms with van der Waals surface area (Å²) in [7, 11) is -3.61. The van der Waals surface area contributed by atoms with Crippen molar-refractivity contribution in [3.8, 4) is 0 Å². The Bertz CT molecular complexity index is 1110. The first-order valence-corrected chi connectivity index (χ1v) is 12.8. The van der Waals surface area contributed by atoms with Crippen LogP contribution in [0.3, 0.4) is 0 Å². The van der Waals surface area contributed by atoms with E-state index in [0.717, 1.165) is 35.4 Å². The second-order valence-corrected chi connectivity index (χ2v) is 10.5. The summed E-state index contributed by atoms with van der Waals surface area (Å²) >= 11 is 1.36. The molecule has 2 amide bonds. The average molecular weight is 460 g/mol. The van der Waals surface area contributed by atoms with Gasteiger partial charge in [-0.2, -0.15) is 4.31 Å². The standard InChI is InChI=1S/C22H25N3O4S2/c1-2-16-7-3-4-8-18(16)23-21(26)14-25-19-13-17(9-10-20(19)30-15-22(25)27)31(28,29)24-11-5-6-12-24/h3-4,7-10,13H,2,5-6,11-12,14-15H2,1H3,(H,23,26). The highest BCUT2D eigenvalue weighted by molar-refractivity contribution is 8.00. The van der Waals surface area contributed by atoms with E-state index in [-0.39, 0.29) is 29.0 Å². The van der Waals surface area contributed by atoms with Crippen molar-refractivity contribution in [1.82, 2.24) is 4.31 Å². The molecule has 2 aliphatic heterocycles. The molecule has 0 unspecified atom stereocenters. The van der Waals surface area contributed by atoms with Crippen LogP contribution in [0.15, 0.2) is 52.3 Å². The zero-order valence-corrected chi connectivity index (χ0v) is 19.0. The van der Waals surface area contributed by atoms with Gasteiger partial charge in [0.1, 0.15) is 6.54 Å². The van der Waals surface area contributed by atoms with Gasteiger partial charge in [-0.3, -0.25) is 9.59 Å². The number of fused-ring (bicyclic) bond motifs is 1. The van der Waals surface area contributed by atoms with Crippen LogP contribution in [0.4, 0.5) is 11.4 Å². The van der Waals surface area contributed by atoms with Gasteiger partial charge < -0.3 is 10.2 Å². The van der Waals surface area contributed by atoms with Crippen molar-refractivity contribution in [2.45, 2.75) is 36.0 Å². The third-order valence-corrected chi connectivity index (χ3v) is 8.49. The third-order valence-electron chi connectivity index (χ3n) is 5.55. The van der Waals surface area contributed by atoms with Gasteiger partial charge in [-0.15, -0.1) is 11.8 Å². The van der Waals surface area contributed by atoms with Crippen LogP contribution in [-0.4, -0.2) is 49.9 Å². The molecule has 4 rings (SSSR count). The Labute approximate surface area is 186 Å². The fourth-order valence-corrected chi connectivity index (χ4v) is 6.33. The number of aryl methyl sites for hydroxylation is 1. The summed E-state index contributed by atoms with van der Waals surface area (Å²) in [6.07, 6.45) is 2.48. The molecule has 1 N–H and O–H groups in total. The van der Waals surface area contributed by atoms with Crippen LogP contribution in [0.25, 0.3) is 0 Å². The molecule has 1 fully saturated rings. The molecular weight excluding hydrogens is 434 g/mol. The minimum Gasteiger partial charge on any atom is -0.324 e. The highest BCUT2D eigenvalue weighted by atomic mass is 32.2. The maximum absolute atomic E-state index is 13.0. The number of carbonyl (C=O) groups is 2. The normalized spacial score (nSPS) is 16.9. The van der Waals surface area contributed by atoms with Crippen LogP contribution in [0.2, 0.25) is 0 Å². The fourth-order valence-electron chi connectivity index (χ4n) is 3.88. The quantitative estimate of drug-likeness (QED) is 0.717. The lowest BCUT2D eigenvalue weighted by Gasteiger charge is -2.29. The molecule has 0 radical (unpaired) electrons. The monoisotopic (exact) mass is 459 g/mol. The van der Waals surface area contributed by atoms with Crippen molar-refractivity contribution in [2.75, 3.05) is 35.6 Å². The van der Waals surface area contributed by atoms with Crippen LogP contribution < -0.4 is 10.2 Å². The van der Waals surface area contributed by atoms with E-state index in [2.05, 4.69) is 5.32 Å². The number of amides is 2. The van der Waals surface area contributed by atoms with Gasteiger partial charge >= 0.3 is 0 Å². The van der Waals surface area contributed by atoms with Crippen molar-refractivity contribution in [2.24, 2.45) is 0 Å². The number of para-hydroxylation sites is 1. The molecule has 0 saturated carbocycles. The summed E-state index contributed by atoms with van der Waals surface area (Å²) < 4.78 is 27.4. The van der Waals surface area contributed by atoms with E-state index in [1.165, 1.54) is 27.0 Å². The topological polar surface area (TPSA) is 86.8 Å². The summed E-state index contributed by atoms with van der Waals surface area (Å²) in [4.78, 5) is 27.7. The molecule has 2 heterocycles. The highest BCUT2D eigenvalue weighted by Gasteiger charge is 2.31. The Kier molecular flexibility index (Phi) is 6.36. The van der Waals surface area contributed by atoms with Crippen LogP contribution in [-0.2, 0) is 26.0 Å². The Morgan fingerprint density at radius 1 is 1.13 bits per heavy atom. The van der Waals surface area contributed by atoms with Gasteiger partial charge in [0.25, 0.3) is 0 Å². The van der Waals surface area contributed by atoms with Gasteiger partial charge in [-0.25, -0.2) is 8.42 Å². The number of nitrogens with one attached hydrogen (secondary N) is 1. The molecule has 2 aliphatic rings. The number of nitrogens with zero attached hydrogens (tertiary/aromatic N) is 2. The second kappa shape index (κ2) is 9.02. The molecule has 31 heavy (non-hydrogen) atoms. The Balaban J connectivity index is 1.59. The summed E-state index contributed by atoms with van der Waals surface area (Å²) in [5.41, 5.74) is 2.20. The average Bonchev–Trinajstić information content (AvgIpc) is 3.32. The van der Waals surface area contributed by atoms with Gasteiger partial charge in [-0.05, 0) is 49.1 Å². The number of benzene rings is 2. The maximum atomic E-state index is 13.0. The van der Waals surface area contributed by atoms with E-state index in [1.54, 1.807) is 12.1 Å². The van der Waals surface area contributed by atoms with Crippen molar-refractivity contribution in [1.29, 1.82) is 0 Å². The van der Waals surface area contributed by atoms with Crippen molar-refractivity contribution >= 4 is 45.0 Å². The Hall–Kier alpha value is -2.36. The highest BCUT2D eigenvalue weighted by Crippen LogP contribution is 2.37. The molecule has 7 nitrogen and oxygen atoms in total. The molecule has 0 spiro atoms. The maximum Gasteiger partial charge on any atom is 0.244 e. The van der Waals surface area contributed by atoms with E-state index in [4.69, 9.17) is 0 Å². The predicted molar refractivity (Wildman–Crippen MR) is 122 cm³/mol. The van der Waals surface area contributed by atoms with Crippen LogP contribution in [0.1, 0.15) is 25.3 Å². The second-order valence-electron chi connectivity index (χ2n) is 7.57. The van der Waals surface area contributed by atoms with E-state index in [9.17, 15) is 18.0 Å². The van der Waals surface area contributed by atoms with E-state index >= 15 is 0 Å². The SMILES string of the molecule is CCc1ccccc1NC(=O)CN1C(=O)CSc2ccc(S(=O)(=O)N3CCCC3)cc21. The number of anilines is 2. The van der Waals surface area contributed by atoms with Crippen molar-refractivity contribution < 1.29 is 18.0 Å². The van der Waals surface area contributed by atoms with Crippen LogP contribution in [0, 0.1) is 0 Å². The number of carbonyl (C=O) groups excluding carboxylic acids is 2. The molecule has 0 bridgehead atoms. The lowest BCUT2D eigenvalue weighted by molar-refractivity contribution is -0.120. The van der Waals surface area contributed by atoms with Crippen molar-refractivity contribution in [3.63, 3.8) is 0 Å².